The van der Waals surface area contributed by atoms with Crippen molar-refractivity contribution in [3.63, 3.8) is 0 Å². The SMILES string of the molecule is c1cc(-c2cnc3c4ccccc4c4ccccc4c3n2)cc(-n2c3ccccc3c3cc(-c4ccc5oc6ccccc6c5c4)c(-c4ccc5oc6ccccc6c5c4)cc32)c1. The van der Waals surface area contributed by atoms with Crippen LogP contribution in [0.25, 0.3) is 137 Å². The summed E-state index contributed by atoms with van der Waals surface area (Å²) in [5.74, 6) is 0. The van der Waals surface area contributed by atoms with Crippen LogP contribution in [0.3, 0.4) is 0 Å². The van der Waals surface area contributed by atoms with Crippen molar-refractivity contribution in [2.75, 3.05) is 0 Å². The van der Waals surface area contributed by atoms with Crippen LogP contribution in [0, 0.1) is 0 Å². The van der Waals surface area contributed by atoms with Gasteiger partial charge in [-0.1, -0.05) is 127 Å². The van der Waals surface area contributed by atoms with Crippen LogP contribution in [0.15, 0.2) is 209 Å². The summed E-state index contributed by atoms with van der Waals surface area (Å²) in [6.07, 6.45) is 1.93. The molecule has 63 heavy (non-hydrogen) atoms. The summed E-state index contributed by atoms with van der Waals surface area (Å²) in [7, 11) is 0. The Balaban J connectivity index is 1.01. The fourth-order valence-electron chi connectivity index (χ4n) is 10.1. The molecule has 0 fully saturated rings. The van der Waals surface area contributed by atoms with E-state index >= 15 is 0 Å². The number of para-hydroxylation sites is 3. The van der Waals surface area contributed by atoms with E-state index in [4.69, 9.17) is 18.8 Å². The Kier molecular flexibility index (Phi) is 7.05. The maximum absolute atomic E-state index is 6.31. The predicted octanol–water partition coefficient (Wildman–Crippen LogP) is 15.8. The van der Waals surface area contributed by atoms with Gasteiger partial charge in [0.15, 0.2) is 0 Å². The third kappa shape index (κ3) is 5.05. The molecule has 0 aliphatic rings. The summed E-state index contributed by atoms with van der Waals surface area (Å²) in [6.45, 7) is 0. The first-order chi connectivity index (χ1) is 31.2. The van der Waals surface area contributed by atoms with Crippen LogP contribution >= 0.6 is 0 Å². The fraction of sp³-hybridized carbons (Fsp3) is 0. The Hall–Kier alpha value is -8.54. The average Bonchev–Trinajstić information content (AvgIpc) is 4.02. The minimum atomic E-state index is 0.830. The van der Waals surface area contributed by atoms with Gasteiger partial charge in [-0.2, -0.15) is 0 Å². The molecule has 292 valence electrons. The van der Waals surface area contributed by atoms with E-state index in [2.05, 4.69) is 174 Å². The largest absolute Gasteiger partial charge is 0.456 e. The van der Waals surface area contributed by atoms with Crippen molar-refractivity contribution in [1.82, 2.24) is 14.5 Å². The summed E-state index contributed by atoms with van der Waals surface area (Å²) in [5, 5.41) is 11.3. The van der Waals surface area contributed by atoms with Gasteiger partial charge in [0.2, 0.25) is 0 Å². The first kappa shape index (κ1) is 34.2. The molecule has 5 nitrogen and oxygen atoms in total. The maximum Gasteiger partial charge on any atom is 0.135 e. The number of aromatic nitrogens is 3. The normalized spacial score (nSPS) is 12.1. The highest BCUT2D eigenvalue weighted by Gasteiger charge is 2.20. The summed E-state index contributed by atoms with van der Waals surface area (Å²) >= 11 is 0. The summed E-state index contributed by atoms with van der Waals surface area (Å²) in [4.78, 5) is 10.5. The first-order valence-electron chi connectivity index (χ1n) is 21.3. The second kappa shape index (κ2) is 13.0. The highest BCUT2D eigenvalue weighted by atomic mass is 16.3. The molecule has 0 amide bonds. The van der Waals surface area contributed by atoms with Gasteiger partial charge in [0.1, 0.15) is 22.3 Å². The third-order valence-corrected chi connectivity index (χ3v) is 13.0. The molecular weight excluding hydrogens is 771 g/mol. The van der Waals surface area contributed by atoms with Crippen molar-refractivity contribution in [3.05, 3.63) is 200 Å². The summed E-state index contributed by atoms with van der Waals surface area (Å²) in [6, 6.07) is 69.0. The summed E-state index contributed by atoms with van der Waals surface area (Å²) < 4.78 is 15.0. The molecule has 0 N–H and O–H groups in total. The lowest BCUT2D eigenvalue weighted by molar-refractivity contribution is 0.668. The molecule has 0 saturated heterocycles. The monoisotopic (exact) mass is 803 g/mol. The zero-order valence-corrected chi connectivity index (χ0v) is 33.7. The molecule has 4 heterocycles. The van der Waals surface area contributed by atoms with Crippen molar-refractivity contribution >= 4 is 98.3 Å². The molecule has 10 aromatic carbocycles. The Labute approximate surface area is 359 Å². The van der Waals surface area contributed by atoms with Crippen molar-refractivity contribution in [2.45, 2.75) is 0 Å². The molecule has 4 aromatic heterocycles. The number of fused-ring (bicyclic) bond motifs is 15. The quantitative estimate of drug-likeness (QED) is 0.166. The smallest absolute Gasteiger partial charge is 0.135 e. The van der Waals surface area contributed by atoms with E-state index in [-0.39, 0.29) is 0 Å². The van der Waals surface area contributed by atoms with Crippen LogP contribution in [-0.4, -0.2) is 14.5 Å². The molecule has 0 aliphatic heterocycles. The van der Waals surface area contributed by atoms with Crippen LogP contribution in [0.2, 0.25) is 0 Å². The molecule has 5 heteroatoms. The lowest BCUT2D eigenvalue weighted by atomic mass is 9.91. The Morgan fingerprint density at radius 3 is 1.54 bits per heavy atom. The van der Waals surface area contributed by atoms with Crippen molar-refractivity contribution in [2.24, 2.45) is 0 Å². The Bertz CT molecular complexity index is 4190. The Morgan fingerprint density at radius 2 is 0.873 bits per heavy atom. The second-order valence-corrected chi connectivity index (χ2v) is 16.5. The number of furan rings is 2. The van der Waals surface area contributed by atoms with E-state index in [9.17, 15) is 0 Å². The third-order valence-electron chi connectivity index (χ3n) is 13.0. The zero-order chi connectivity index (χ0) is 41.2. The molecule has 14 rings (SSSR count). The van der Waals surface area contributed by atoms with Gasteiger partial charge in [0.25, 0.3) is 0 Å². The van der Waals surface area contributed by atoms with Crippen molar-refractivity contribution in [3.8, 4) is 39.2 Å². The lowest BCUT2D eigenvalue weighted by Crippen LogP contribution is -1.96. The average molecular weight is 804 g/mol. The number of benzene rings is 10. The minimum absolute atomic E-state index is 0.830. The molecule has 0 atom stereocenters. The van der Waals surface area contributed by atoms with Crippen LogP contribution in [0.1, 0.15) is 0 Å². The number of rotatable bonds is 4. The fourth-order valence-corrected chi connectivity index (χ4v) is 10.1. The van der Waals surface area contributed by atoms with Gasteiger partial charge >= 0.3 is 0 Å². The topological polar surface area (TPSA) is 57.0 Å². The molecule has 14 aromatic rings. The molecule has 0 saturated carbocycles. The molecule has 0 bridgehead atoms. The maximum atomic E-state index is 6.31. The lowest BCUT2D eigenvalue weighted by Gasteiger charge is -2.15. The minimum Gasteiger partial charge on any atom is -0.456 e. The van der Waals surface area contributed by atoms with Crippen molar-refractivity contribution in [1.29, 1.82) is 0 Å². The van der Waals surface area contributed by atoms with Gasteiger partial charge < -0.3 is 13.4 Å². The molecule has 0 spiro atoms. The Morgan fingerprint density at radius 1 is 0.333 bits per heavy atom. The second-order valence-electron chi connectivity index (χ2n) is 16.5. The van der Waals surface area contributed by atoms with E-state index in [0.29, 0.717) is 0 Å². The summed E-state index contributed by atoms with van der Waals surface area (Å²) in [5.41, 5.74) is 15.0. The van der Waals surface area contributed by atoms with Crippen LogP contribution in [-0.2, 0) is 0 Å². The van der Waals surface area contributed by atoms with Gasteiger partial charge in [-0.15, -0.1) is 0 Å². The molecule has 0 unspecified atom stereocenters. The predicted molar refractivity (Wildman–Crippen MR) is 260 cm³/mol. The van der Waals surface area contributed by atoms with Crippen LogP contribution in [0.5, 0.6) is 0 Å². The van der Waals surface area contributed by atoms with Gasteiger partial charge in [0.05, 0.1) is 34.0 Å². The molecule has 0 radical (unpaired) electrons. The molecule has 0 aliphatic carbocycles. The van der Waals surface area contributed by atoms with E-state index in [1.54, 1.807) is 0 Å². The van der Waals surface area contributed by atoms with E-state index in [1.807, 2.05) is 30.5 Å². The number of hydrogen-bond acceptors (Lipinski definition) is 4. The van der Waals surface area contributed by atoms with E-state index in [0.717, 1.165) is 116 Å². The van der Waals surface area contributed by atoms with Gasteiger partial charge in [0, 0.05) is 54.3 Å². The van der Waals surface area contributed by atoms with Gasteiger partial charge in [-0.05, 0) is 99.8 Å². The number of nitrogens with zero attached hydrogens (tertiary/aromatic N) is 3. The zero-order valence-electron chi connectivity index (χ0n) is 33.7. The highest BCUT2D eigenvalue weighted by molar-refractivity contribution is 6.23. The van der Waals surface area contributed by atoms with Crippen molar-refractivity contribution < 1.29 is 8.83 Å². The van der Waals surface area contributed by atoms with Gasteiger partial charge in [-0.3, -0.25) is 4.98 Å². The highest BCUT2D eigenvalue weighted by Crippen LogP contribution is 2.44. The van der Waals surface area contributed by atoms with E-state index in [1.165, 1.54) is 21.5 Å². The standard InChI is InChI=1S/C58H33N3O2/c1-3-19-43-38(14-1)39-15-2-4-20-44(39)58-57(43)59-33-50(60-58)36-12-11-13-37(28-36)61-51-21-8-5-16-40(51)47-31-45(34-24-26-55-48(29-34)41-17-6-9-22-53(41)62-55)46(32-52(47)61)35-25-27-56-49(30-35)42-18-7-10-23-54(42)63-56/h1-33H. The molecular formula is C58H33N3O2. The first-order valence-corrected chi connectivity index (χ1v) is 21.3. The number of hydrogen-bond donors (Lipinski definition) is 0. The van der Waals surface area contributed by atoms with Crippen LogP contribution in [0.4, 0.5) is 0 Å². The van der Waals surface area contributed by atoms with Gasteiger partial charge in [-0.25, -0.2) is 4.98 Å². The van der Waals surface area contributed by atoms with E-state index < -0.39 is 0 Å². The van der Waals surface area contributed by atoms with Crippen LogP contribution < -0.4 is 0 Å².